The minimum atomic E-state index is -2.66. The minimum absolute atomic E-state index is 0.00694. The summed E-state index contributed by atoms with van der Waals surface area (Å²) in [6, 6.07) is 0. The standard InChI is InChI=1S/C7H8F2N2O/c1-4(12)5-3-10-11(2)6(5)7(8)9/h3,7H,1-2H3. The first-order valence-corrected chi connectivity index (χ1v) is 3.35. The van der Waals surface area contributed by atoms with Gasteiger partial charge in [-0.1, -0.05) is 0 Å². The van der Waals surface area contributed by atoms with E-state index in [2.05, 4.69) is 5.10 Å². The van der Waals surface area contributed by atoms with Crippen LogP contribution in [0.25, 0.3) is 0 Å². The first kappa shape index (κ1) is 8.83. The monoisotopic (exact) mass is 174 g/mol. The van der Waals surface area contributed by atoms with Gasteiger partial charge in [-0.05, 0) is 6.92 Å². The molecule has 0 spiro atoms. The lowest BCUT2D eigenvalue weighted by Gasteiger charge is -2.01. The zero-order valence-electron chi connectivity index (χ0n) is 6.71. The van der Waals surface area contributed by atoms with Gasteiger partial charge in [-0.2, -0.15) is 5.10 Å². The number of hydrogen-bond donors (Lipinski definition) is 0. The molecule has 0 aliphatic heterocycles. The van der Waals surface area contributed by atoms with Crippen molar-refractivity contribution in [2.24, 2.45) is 7.05 Å². The molecule has 0 bridgehead atoms. The molecule has 0 unspecified atom stereocenters. The Kier molecular flexibility index (Phi) is 2.21. The summed E-state index contributed by atoms with van der Waals surface area (Å²) in [5, 5.41) is 3.57. The molecule has 1 aromatic heterocycles. The Labute approximate surface area is 68.0 Å². The number of ketones is 1. The molecule has 0 aromatic carbocycles. The summed E-state index contributed by atoms with van der Waals surface area (Å²) in [5.41, 5.74) is -0.324. The second kappa shape index (κ2) is 3.00. The Bertz CT molecular complexity index is 306. The van der Waals surface area contributed by atoms with E-state index in [1.807, 2.05) is 0 Å². The van der Waals surface area contributed by atoms with Gasteiger partial charge in [0.15, 0.2) is 5.78 Å². The number of aromatic nitrogens is 2. The van der Waals surface area contributed by atoms with E-state index < -0.39 is 12.2 Å². The predicted octanol–water partition coefficient (Wildman–Crippen LogP) is 1.56. The number of hydrogen-bond acceptors (Lipinski definition) is 2. The van der Waals surface area contributed by atoms with E-state index in [-0.39, 0.29) is 11.3 Å². The quantitative estimate of drug-likeness (QED) is 0.637. The molecule has 0 N–H and O–H groups in total. The van der Waals surface area contributed by atoms with Gasteiger partial charge in [0, 0.05) is 7.05 Å². The van der Waals surface area contributed by atoms with Crippen LogP contribution in [-0.2, 0) is 7.05 Å². The number of Topliss-reactive ketones (excluding diaryl/α,β-unsaturated/α-hetero) is 1. The molecule has 1 rings (SSSR count). The number of aryl methyl sites for hydroxylation is 1. The lowest BCUT2D eigenvalue weighted by Crippen LogP contribution is -2.03. The molecule has 1 aromatic rings. The number of nitrogens with zero attached hydrogens (tertiary/aromatic N) is 2. The van der Waals surface area contributed by atoms with Crippen LogP contribution in [0, 0.1) is 0 Å². The smallest absolute Gasteiger partial charge is 0.280 e. The van der Waals surface area contributed by atoms with Crippen molar-refractivity contribution in [2.45, 2.75) is 13.3 Å². The molecular weight excluding hydrogens is 166 g/mol. The normalized spacial score (nSPS) is 10.8. The molecule has 0 atom stereocenters. The Morgan fingerprint density at radius 2 is 2.25 bits per heavy atom. The highest BCUT2D eigenvalue weighted by Crippen LogP contribution is 2.21. The minimum Gasteiger partial charge on any atom is -0.294 e. The van der Waals surface area contributed by atoms with Crippen molar-refractivity contribution in [2.75, 3.05) is 0 Å². The second-order valence-corrected chi connectivity index (χ2v) is 2.42. The third-order valence-corrected chi connectivity index (χ3v) is 1.57. The molecule has 0 radical (unpaired) electrons. The van der Waals surface area contributed by atoms with Crippen molar-refractivity contribution in [3.05, 3.63) is 17.5 Å². The molecular formula is C7H8F2N2O. The van der Waals surface area contributed by atoms with Gasteiger partial charge in [-0.3, -0.25) is 9.48 Å². The Hall–Kier alpha value is -1.26. The van der Waals surface area contributed by atoms with Crippen LogP contribution < -0.4 is 0 Å². The molecule has 1 heterocycles. The van der Waals surface area contributed by atoms with Crippen LogP contribution in [-0.4, -0.2) is 15.6 Å². The Morgan fingerprint density at radius 3 is 2.58 bits per heavy atom. The average Bonchev–Trinajstić information content (AvgIpc) is 2.30. The van der Waals surface area contributed by atoms with Crippen molar-refractivity contribution < 1.29 is 13.6 Å². The molecule has 66 valence electrons. The highest BCUT2D eigenvalue weighted by Gasteiger charge is 2.20. The SMILES string of the molecule is CC(=O)c1cnn(C)c1C(F)F. The van der Waals surface area contributed by atoms with Crippen molar-refractivity contribution in [1.82, 2.24) is 9.78 Å². The maximum absolute atomic E-state index is 12.3. The van der Waals surface area contributed by atoms with E-state index >= 15 is 0 Å². The molecule has 5 heteroatoms. The van der Waals surface area contributed by atoms with E-state index in [0.29, 0.717) is 0 Å². The Morgan fingerprint density at radius 1 is 1.67 bits per heavy atom. The summed E-state index contributed by atoms with van der Waals surface area (Å²) in [6.07, 6.45) is -1.50. The van der Waals surface area contributed by atoms with Gasteiger partial charge in [0.2, 0.25) is 0 Å². The number of carbonyl (C=O) groups is 1. The summed E-state index contributed by atoms with van der Waals surface area (Å²) in [4.78, 5) is 10.8. The van der Waals surface area contributed by atoms with E-state index in [4.69, 9.17) is 0 Å². The molecule has 12 heavy (non-hydrogen) atoms. The maximum atomic E-state index is 12.3. The number of halogens is 2. The summed E-state index contributed by atoms with van der Waals surface area (Å²) < 4.78 is 25.6. The lowest BCUT2D eigenvalue weighted by molar-refractivity contribution is 0.0995. The third kappa shape index (κ3) is 1.34. The first-order chi connectivity index (χ1) is 5.54. The van der Waals surface area contributed by atoms with Gasteiger partial charge in [0.05, 0.1) is 11.8 Å². The van der Waals surface area contributed by atoms with E-state index in [1.165, 1.54) is 14.0 Å². The van der Waals surface area contributed by atoms with Crippen LogP contribution in [0.5, 0.6) is 0 Å². The molecule has 0 aliphatic carbocycles. The molecule has 0 amide bonds. The number of carbonyl (C=O) groups excluding carboxylic acids is 1. The van der Waals surface area contributed by atoms with Crippen molar-refractivity contribution in [1.29, 1.82) is 0 Å². The molecule has 0 saturated heterocycles. The number of alkyl halides is 2. The van der Waals surface area contributed by atoms with Gasteiger partial charge in [0.1, 0.15) is 5.69 Å². The zero-order chi connectivity index (χ0) is 9.30. The van der Waals surface area contributed by atoms with E-state index in [0.717, 1.165) is 10.9 Å². The number of rotatable bonds is 2. The fourth-order valence-electron chi connectivity index (χ4n) is 0.977. The van der Waals surface area contributed by atoms with Crippen LogP contribution in [0.2, 0.25) is 0 Å². The van der Waals surface area contributed by atoms with Crippen LogP contribution in [0.1, 0.15) is 29.4 Å². The Balaban J connectivity index is 3.21. The highest BCUT2D eigenvalue weighted by molar-refractivity contribution is 5.95. The van der Waals surface area contributed by atoms with E-state index in [1.54, 1.807) is 0 Å². The summed E-state index contributed by atoms with van der Waals surface area (Å²) in [6.45, 7) is 1.24. The molecule has 0 fully saturated rings. The van der Waals surface area contributed by atoms with Crippen LogP contribution in [0.15, 0.2) is 6.20 Å². The molecule has 0 saturated carbocycles. The fraction of sp³-hybridized carbons (Fsp3) is 0.429. The molecule has 0 aliphatic rings. The predicted molar refractivity (Wildman–Crippen MR) is 38.2 cm³/mol. The zero-order valence-corrected chi connectivity index (χ0v) is 6.71. The summed E-state index contributed by atoms with van der Waals surface area (Å²) >= 11 is 0. The molecule has 3 nitrogen and oxygen atoms in total. The topological polar surface area (TPSA) is 34.9 Å². The van der Waals surface area contributed by atoms with Gasteiger partial charge in [-0.25, -0.2) is 8.78 Å². The van der Waals surface area contributed by atoms with Crippen LogP contribution in [0.4, 0.5) is 8.78 Å². The average molecular weight is 174 g/mol. The first-order valence-electron chi connectivity index (χ1n) is 3.35. The fourth-order valence-corrected chi connectivity index (χ4v) is 0.977. The van der Waals surface area contributed by atoms with Crippen LogP contribution in [0.3, 0.4) is 0 Å². The lowest BCUT2D eigenvalue weighted by atomic mass is 10.2. The maximum Gasteiger partial charge on any atom is 0.280 e. The van der Waals surface area contributed by atoms with Gasteiger partial charge in [-0.15, -0.1) is 0 Å². The van der Waals surface area contributed by atoms with E-state index in [9.17, 15) is 13.6 Å². The third-order valence-electron chi connectivity index (χ3n) is 1.57. The summed E-state index contributed by atoms with van der Waals surface area (Å²) in [7, 11) is 1.38. The largest absolute Gasteiger partial charge is 0.294 e. The van der Waals surface area contributed by atoms with Crippen molar-refractivity contribution in [3.8, 4) is 0 Å². The van der Waals surface area contributed by atoms with Gasteiger partial charge in [0.25, 0.3) is 6.43 Å². The van der Waals surface area contributed by atoms with Crippen molar-refractivity contribution in [3.63, 3.8) is 0 Å². The second-order valence-electron chi connectivity index (χ2n) is 2.42. The summed E-state index contributed by atoms with van der Waals surface area (Å²) in [5.74, 6) is -0.390. The van der Waals surface area contributed by atoms with Crippen molar-refractivity contribution >= 4 is 5.78 Å². The van der Waals surface area contributed by atoms with Gasteiger partial charge < -0.3 is 0 Å². The van der Waals surface area contributed by atoms with Crippen LogP contribution >= 0.6 is 0 Å². The van der Waals surface area contributed by atoms with Gasteiger partial charge >= 0.3 is 0 Å². The highest BCUT2D eigenvalue weighted by atomic mass is 19.3.